The molecule has 0 fully saturated rings. The highest BCUT2D eigenvalue weighted by Crippen LogP contribution is 2.37. The summed E-state index contributed by atoms with van der Waals surface area (Å²) in [6, 6.07) is 4.53. The number of nitrogens with zero attached hydrogens (tertiary/aromatic N) is 2. The molecule has 0 N–H and O–H groups in total. The van der Waals surface area contributed by atoms with Crippen LogP contribution in [0, 0.1) is 12.7 Å². The summed E-state index contributed by atoms with van der Waals surface area (Å²) >= 11 is 7.19. The fourth-order valence-electron chi connectivity index (χ4n) is 2.13. The zero-order valence-electron chi connectivity index (χ0n) is 11.0. The fourth-order valence-corrected chi connectivity index (χ4v) is 3.22. The van der Waals surface area contributed by atoms with Crippen molar-refractivity contribution in [3.63, 3.8) is 0 Å². The third-order valence-corrected chi connectivity index (χ3v) is 4.15. The van der Waals surface area contributed by atoms with Gasteiger partial charge in [0.1, 0.15) is 10.6 Å². The van der Waals surface area contributed by atoms with E-state index < -0.39 is 17.6 Å². The molecular weight excluding hydrogens is 340 g/mol. The van der Waals surface area contributed by atoms with E-state index in [2.05, 4.69) is 9.97 Å². The summed E-state index contributed by atoms with van der Waals surface area (Å²) in [5, 5.41) is 0.522. The molecule has 0 spiro atoms. The maximum Gasteiger partial charge on any atom is 0.419 e. The number of aromatic nitrogens is 2. The van der Waals surface area contributed by atoms with Gasteiger partial charge in [-0.2, -0.15) is 13.2 Å². The smallest absolute Gasteiger partial charge is 0.217 e. The lowest BCUT2D eigenvalue weighted by Crippen LogP contribution is -2.08. The molecule has 0 aliphatic heterocycles. The fraction of sp³-hybridized carbons (Fsp3) is 0.143. The zero-order chi connectivity index (χ0) is 16.1. The molecule has 0 atom stereocenters. The molecule has 3 aromatic rings. The van der Waals surface area contributed by atoms with Crippen LogP contribution in [0.15, 0.2) is 24.3 Å². The lowest BCUT2D eigenvalue weighted by molar-refractivity contribution is -0.139. The third-order valence-electron chi connectivity index (χ3n) is 3.03. The number of halogens is 5. The van der Waals surface area contributed by atoms with Crippen LogP contribution in [0.5, 0.6) is 0 Å². The van der Waals surface area contributed by atoms with Crippen LogP contribution in [0.4, 0.5) is 17.6 Å². The Bertz CT molecular complexity index is 873. The van der Waals surface area contributed by atoms with E-state index in [0.29, 0.717) is 10.2 Å². The molecule has 0 unspecified atom stereocenters. The van der Waals surface area contributed by atoms with Gasteiger partial charge in [-0.25, -0.2) is 14.4 Å². The van der Waals surface area contributed by atoms with Crippen LogP contribution in [-0.4, -0.2) is 9.97 Å². The molecule has 3 rings (SSSR count). The molecule has 8 heteroatoms. The van der Waals surface area contributed by atoms with Crippen molar-refractivity contribution >= 4 is 33.2 Å². The van der Waals surface area contributed by atoms with Crippen LogP contribution in [0.25, 0.3) is 21.5 Å². The van der Waals surface area contributed by atoms with Gasteiger partial charge in [0.05, 0.1) is 11.3 Å². The predicted molar refractivity (Wildman–Crippen MR) is 77.6 cm³/mol. The van der Waals surface area contributed by atoms with Gasteiger partial charge in [-0.1, -0.05) is 0 Å². The van der Waals surface area contributed by atoms with Crippen molar-refractivity contribution in [1.82, 2.24) is 9.97 Å². The summed E-state index contributed by atoms with van der Waals surface area (Å²) in [6.45, 7) is 1.84. The second-order valence-electron chi connectivity index (χ2n) is 4.61. The first-order valence-corrected chi connectivity index (χ1v) is 7.26. The monoisotopic (exact) mass is 346 g/mol. The Labute approximate surface area is 131 Å². The highest BCUT2D eigenvalue weighted by molar-refractivity contribution is 7.18. The number of aryl methyl sites for hydroxylation is 1. The first kappa shape index (κ1) is 15.2. The van der Waals surface area contributed by atoms with Gasteiger partial charge in [-0.15, -0.1) is 11.3 Å². The van der Waals surface area contributed by atoms with E-state index in [1.54, 1.807) is 6.07 Å². The highest BCUT2D eigenvalue weighted by atomic mass is 35.5. The van der Waals surface area contributed by atoms with E-state index in [1.807, 2.05) is 6.92 Å². The summed E-state index contributed by atoms with van der Waals surface area (Å²) in [5.41, 5.74) is -0.939. The Morgan fingerprint density at radius 2 is 1.86 bits per heavy atom. The topological polar surface area (TPSA) is 25.8 Å². The Morgan fingerprint density at radius 3 is 2.55 bits per heavy atom. The second kappa shape index (κ2) is 5.17. The lowest BCUT2D eigenvalue weighted by atomic mass is 10.0. The molecule has 2 nitrogen and oxygen atoms in total. The predicted octanol–water partition coefficient (Wildman–Crippen LogP) is 5.48. The van der Waals surface area contributed by atoms with Gasteiger partial charge in [0, 0.05) is 15.8 Å². The number of thiophene rings is 1. The molecule has 0 aliphatic rings. The van der Waals surface area contributed by atoms with Crippen LogP contribution < -0.4 is 0 Å². The number of hydrogen-bond acceptors (Lipinski definition) is 3. The minimum absolute atomic E-state index is 0.0674. The molecule has 0 bridgehead atoms. The molecular formula is C14H7ClF4N2S. The average molecular weight is 347 g/mol. The maximum atomic E-state index is 13.4. The van der Waals surface area contributed by atoms with Crippen molar-refractivity contribution in [3.8, 4) is 11.3 Å². The zero-order valence-corrected chi connectivity index (χ0v) is 12.6. The number of fused-ring (bicyclic) bond motifs is 1. The average Bonchev–Trinajstić information content (AvgIpc) is 2.77. The van der Waals surface area contributed by atoms with Crippen molar-refractivity contribution < 1.29 is 17.6 Å². The minimum Gasteiger partial charge on any atom is -0.217 e. The minimum atomic E-state index is -4.78. The van der Waals surface area contributed by atoms with Crippen molar-refractivity contribution in [2.45, 2.75) is 13.1 Å². The Morgan fingerprint density at radius 1 is 1.14 bits per heavy atom. The van der Waals surface area contributed by atoms with Crippen LogP contribution in [0.3, 0.4) is 0 Å². The number of benzene rings is 1. The number of alkyl halides is 3. The van der Waals surface area contributed by atoms with Gasteiger partial charge in [0.15, 0.2) is 0 Å². The SMILES string of the molecule is Cc1cc2c(-c3ccc(F)c(C(F)(F)F)c3)nc(Cl)nc2s1. The number of rotatable bonds is 1. The molecule has 0 saturated carbocycles. The first-order chi connectivity index (χ1) is 10.3. The van der Waals surface area contributed by atoms with Gasteiger partial charge in [-0.3, -0.25) is 0 Å². The van der Waals surface area contributed by atoms with Gasteiger partial charge in [0.25, 0.3) is 0 Å². The van der Waals surface area contributed by atoms with Crippen molar-refractivity contribution in [3.05, 3.63) is 45.8 Å². The molecule has 22 heavy (non-hydrogen) atoms. The van der Waals surface area contributed by atoms with E-state index >= 15 is 0 Å². The third kappa shape index (κ3) is 2.66. The summed E-state index contributed by atoms with van der Waals surface area (Å²) in [6.07, 6.45) is -4.78. The molecule has 0 amide bonds. The normalized spacial score (nSPS) is 12.1. The van der Waals surface area contributed by atoms with Crippen molar-refractivity contribution in [2.24, 2.45) is 0 Å². The van der Waals surface area contributed by atoms with Crippen LogP contribution in [0.1, 0.15) is 10.4 Å². The molecule has 0 radical (unpaired) electrons. The van der Waals surface area contributed by atoms with E-state index in [1.165, 1.54) is 17.4 Å². The highest BCUT2D eigenvalue weighted by Gasteiger charge is 2.34. The molecule has 114 valence electrons. The quantitative estimate of drug-likeness (QED) is 0.431. The summed E-state index contributed by atoms with van der Waals surface area (Å²) in [7, 11) is 0. The Balaban J connectivity index is 2.28. The van der Waals surface area contributed by atoms with Crippen molar-refractivity contribution in [1.29, 1.82) is 0 Å². The molecule has 0 aliphatic carbocycles. The molecule has 2 aromatic heterocycles. The van der Waals surface area contributed by atoms with Crippen molar-refractivity contribution in [2.75, 3.05) is 0 Å². The van der Waals surface area contributed by atoms with Gasteiger partial charge < -0.3 is 0 Å². The summed E-state index contributed by atoms with van der Waals surface area (Å²) < 4.78 is 51.9. The van der Waals surface area contributed by atoms with E-state index in [4.69, 9.17) is 11.6 Å². The first-order valence-electron chi connectivity index (χ1n) is 6.06. The molecule has 1 aromatic carbocycles. The van der Waals surface area contributed by atoms with E-state index in [0.717, 1.165) is 17.0 Å². The van der Waals surface area contributed by atoms with Crippen LogP contribution in [-0.2, 0) is 6.18 Å². The van der Waals surface area contributed by atoms with E-state index in [-0.39, 0.29) is 16.5 Å². The summed E-state index contributed by atoms with van der Waals surface area (Å²) in [5.74, 6) is -1.32. The molecule has 0 saturated heterocycles. The molecule has 2 heterocycles. The Hall–Kier alpha value is -1.73. The van der Waals surface area contributed by atoms with Crippen LogP contribution >= 0.6 is 22.9 Å². The standard InChI is InChI=1S/C14H7ClF4N2S/c1-6-4-8-11(20-13(15)21-12(8)22-6)7-2-3-10(16)9(5-7)14(17,18)19/h2-5H,1H3. The lowest BCUT2D eigenvalue weighted by Gasteiger charge is -2.10. The Kier molecular flexibility index (Phi) is 3.57. The largest absolute Gasteiger partial charge is 0.419 e. The number of hydrogen-bond donors (Lipinski definition) is 0. The summed E-state index contributed by atoms with van der Waals surface area (Å²) in [4.78, 5) is 9.55. The van der Waals surface area contributed by atoms with Gasteiger partial charge in [0.2, 0.25) is 5.28 Å². The van der Waals surface area contributed by atoms with Crippen LogP contribution in [0.2, 0.25) is 5.28 Å². The van der Waals surface area contributed by atoms with Gasteiger partial charge in [-0.05, 0) is 42.8 Å². The second-order valence-corrected chi connectivity index (χ2v) is 6.18. The van der Waals surface area contributed by atoms with Gasteiger partial charge >= 0.3 is 6.18 Å². The van der Waals surface area contributed by atoms with E-state index in [9.17, 15) is 17.6 Å². The maximum absolute atomic E-state index is 13.4.